The van der Waals surface area contributed by atoms with Gasteiger partial charge in [0.25, 0.3) is 5.91 Å². The molecule has 0 fully saturated rings. The Morgan fingerprint density at radius 3 is 2.56 bits per heavy atom. The van der Waals surface area contributed by atoms with Crippen molar-refractivity contribution in [1.29, 1.82) is 0 Å². The lowest BCUT2D eigenvalue weighted by atomic mass is 10.1. The van der Waals surface area contributed by atoms with Crippen molar-refractivity contribution in [2.24, 2.45) is 0 Å². The molecule has 1 aromatic heterocycles. The van der Waals surface area contributed by atoms with Gasteiger partial charge in [-0.1, -0.05) is 18.2 Å². The molecule has 8 heteroatoms. The minimum absolute atomic E-state index is 0.0975. The Morgan fingerprint density at radius 2 is 1.89 bits per heavy atom. The smallest absolute Gasteiger partial charge is 0.251 e. The van der Waals surface area contributed by atoms with Crippen molar-refractivity contribution in [2.75, 3.05) is 6.26 Å². The Hall–Kier alpha value is -3.00. The van der Waals surface area contributed by atoms with E-state index in [0.717, 1.165) is 11.8 Å². The predicted molar refractivity (Wildman–Crippen MR) is 99.0 cm³/mol. The number of rotatable bonds is 5. The fourth-order valence-electron chi connectivity index (χ4n) is 2.67. The third-order valence-electron chi connectivity index (χ3n) is 4.04. The number of hydrogen-bond donors (Lipinski definition) is 1. The predicted octanol–water partition coefficient (Wildman–Crippen LogP) is 2.91. The Morgan fingerprint density at radius 1 is 1.19 bits per heavy atom. The second-order valence-electron chi connectivity index (χ2n) is 6.15. The normalized spacial score (nSPS) is 12.6. The van der Waals surface area contributed by atoms with E-state index in [9.17, 15) is 17.6 Å². The van der Waals surface area contributed by atoms with Gasteiger partial charge in [0.15, 0.2) is 0 Å². The van der Waals surface area contributed by atoms with Crippen LogP contribution >= 0.6 is 0 Å². The number of benzene rings is 2. The number of amides is 1. The highest BCUT2D eigenvalue weighted by Gasteiger charge is 2.17. The van der Waals surface area contributed by atoms with Crippen LogP contribution in [0.5, 0.6) is 0 Å². The van der Waals surface area contributed by atoms with Gasteiger partial charge in [0.1, 0.15) is 5.82 Å². The summed E-state index contributed by atoms with van der Waals surface area (Å²) in [4.78, 5) is 16.4. The molecule has 0 spiro atoms. The van der Waals surface area contributed by atoms with E-state index in [1.54, 1.807) is 43.3 Å². The maximum Gasteiger partial charge on any atom is 0.251 e. The van der Waals surface area contributed by atoms with Crippen molar-refractivity contribution in [3.63, 3.8) is 0 Å². The van der Waals surface area contributed by atoms with Crippen molar-refractivity contribution >= 4 is 15.7 Å². The highest BCUT2D eigenvalue weighted by Crippen LogP contribution is 2.18. The van der Waals surface area contributed by atoms with Crippen molar-refractivity contribution in [3.8, 4) is 5.69 Å². The van der Waals surface area contributed by atoms with Crippen LogP contribution in [0.2, 0.25) is 0 Å². The first kappa shape index (κ1) is 18.8. The molecular weight excluding hydrogens is 369 g/mol. The van der Waals surface area contributed by atoms with Crippen LogP contribution in [0.4, 0.5) is 4.39 Å². The number of aromatic nitrogens is 2. The fraction of sp³-hybridized carbons (Fsp3) is 0.158. The lowest BCUT2D eigenvalue weighted by Gasteiger charge is -2.15. The standard InChI is InChI=1S/C19H18FN3O3S/c1-13(14-6-8-16(20)9-7-14)22-18(24)15-4-3-5-17(12-15)23-11-10-21-19(23)27(2,25)26/h3-13H,1-2H3,(H,22,24)/t13-/m1/s1. The summed E-state index contributed by atoms with van der Waals surface area (Å²) in [6.07, 6.45) is 3.99. The average Bonchev–Trinajstić information content (AvgIpc) is 3.12. The van der Waals surface area contributed by atoms with Crippen LogP contribution in [0.25, 0.3) is 5.69 Å². The van der Waals surface area contributed by atoms with Crippen molar-refractivity contribution < 1.29 is 17.6 Å². The molecule has 0 saturated heterocycles. The zero-order valence-corrected chi connectivity index (χ0v) is 15.6. The maximum absolute atomic E-state index is 13.0. The summed E-state index contributed by atoms with van der Waals surface area (Å²) < 4.78 is 38.1. The van der Waals surface area contributed by atoms with E-state index in [-0.39, 0.29) is 22.9 Å². The minimum Gasteiger partial charge on any atom is -0.346 e. The summed E-state index contributed by atoms with van der Waals surface area (Å²) in [5, 5.41) is 2.75. The Balaban J connectivity index is 1.84. The lowest BCUT2D eigenvalue weighted by Crippen LogP contribution is -2.26. The molecule has 0 unspecified atom stereocenters. The molecule has 0 aliphatic heterocycles. The number of imidazole rings is 1. The molecule has 0 saturated carbocycles. The number of carbonyl (C=O) groups is 1. The molecule has 27 heavy (non-hydrogen) atoms. The third kappa shape index (κ3) is 4.22. The van der Waals surface area contributed by atoms with Crippen molar-refractivity contribution in [1.82, 2.24) is 14.9 Å². The van der Waals surface area contributed by atoms with E-state index in [2.05, 4.69) is 10.3 Å². The van der Waals surface area contributed by atoms with Gasteiger partial charge in [0, 0.05) is 29.9 Å². The summed E-state index contributed by atoms with van der Waals surface area (Å²) in [6.45, 7) is 1.80. The van der Waals surface area contributed by atoms with Crippen LogP contribution in [0.15, 0.2) is 66.1 Å². The molecule has 0 bridgehead atoms. The molecule has 0 radical (unpaired) electrons. The fourth-order valence-corrected chi connectivity index (χ4v) is 3.45. The maximum atomic E-state index is 13.0. The Labute approximate surface area is 156 Å². The molecule has 0 aliphatic rings. The zero-order chi connectivity index (χ0) is 19.6. The van der Waals surface area contributed by atoms with Crippen molar-refractivity contribution in [3.05, 3.63) is 77.9 Å². The molecule has 1 atom stereocenters. The van der Waals surface area contributed by atoms with Gasteiger partial charge in [-0.2, -0.15) is 0 Å². The van der Waals surface area contributed by atoms with E-state index >= 15 is 0 Å². The number of sulfone groups is 1. The van der Waals surface area contributed by atoms with Gasteiger partial charge in [-0.05, 0) is 42.8 Å². The summed E-state index contributed by atoms with van der Waals surface area (Å²) in [5.74, 6) is -0.665. The van der Waals surface area contributed by atoms with Gasteiger partial charge in [-0.3, -0.25) is 9.36 Å². The molecule has 140 valence electrons. The second-order valence-corrected chi connectivity index (χ2v) is 8.06. The molecule has 3 aromatic rings. The molecule has 6 nitrogen and oxygen atoms in total. The Bertz CT molecular complexity index is 1080. The van der Waals surface area contributed by atoms with Crippen LogP contribution in [-0.2, 0) is 9.84 Å². The van der Waals surface area contributed by atoms with E-state index < -0.39 is 9.84 Å². The Kier molecular flexibility index (Phi) is 5.09. The number of hydrogen-bond acceptors (Lipinski definition) is 4. The van der Waals surface area contributed by atoms with E-state index in [4.69, 9.17) is 0 Å². The van der Waals surface area contributed by atoms with Gasteiger partial charge in [0.05, 0.1) is 6.04 Å². The molecule has 3 rings (SSSR count). The van der Waals surface area contributed by atoms with Crippen LogP contribution in [0.1, 0.15) is 28.9 Å². The van der Waals surface area contributed by atoms with E-state index in [1.807, 2.05) is 0 Å². The first-order valence-corrected chi connectivity index (χ1v) is 10.0. The highest BCUT2D eigenvalue weighted by molar-refractivity contribution is 7.90. The zero-order valence-electron chi connectivity index (χ0n) is 14.8. The largest absolute Gasteiger partial charge is 0.346 e. The van der Waals surface area contributed by atoms with E-state index in [1.165, 1.54) is 29.1 Å². The molecule has 1 N–H and O–H groups in total. The quantitative estimate of drug-likeness (QED) is 0.730. The van der Waals surface area contributed by atoms with Crippen LogP contribution in [-0.4, -0.2) is 30.1 Å². The summed E-state index contributed by atoms with van der Waals surface area (Å²) >= 11 is 0. The van der Waals surface area contributed by atoms with Crippen LogP contribution in [0, 0.1) is 5.82 Å². The minimum atomic E-state index is -3.51. The van der Waals surface area contributed by atoms with Gasteiger partial charge in [-0.15, -0.1) is 0 Å². The van der Waals surface area contributed by atoms with Crippen LogP contribution in [0.3, 0.4) is 0 Å². The summed E-state index contributed by atoms with van der Waals surface area (Å²) in [5.41, 5.74) is 1.65. The number of nitrogens with zero attached hydrogens (tertiary/aromatic N) is 2. The highest BCUT2D eigenvalue weighted by atomic mass is 32.2. The van der Waals surface area contributed by atoms with Crippen molar-refractivity contribution in [2.45, 2.75) is 18.1 Å². The molecule has 1 heterocycles. The van der Waals surface area contributed by atoms with Gasteiger partial charge in [0.2, 0.25) is 15.0 Å². The monoisotopic (exact) mass is 387 g/mol. The topological polar surface area (TPSA) is 81.1 Å². The molecular formula is C19H18FN3O3S. The molecule has 2 aromatic carbocycles. The summed E-state index contributed by atoms with van der Waals surface area (Å²) in [7, 11) is -3.51. The summed E-state index contributed by atoms with van der Waals surface area (Å²) in [6, 6.07) is 12.2. The third-order valence-corrected chi connectivity index (χ3v) is 5.01. The number of carbonyl (C=O) groups excluding carboxylic acids is 1. The molecule has 0 aliphatic carbocycles. The SMILES string of the molecule is C[C@@H](NC(=O)c1cccc(-n2ccnc2S(C)(=O)=O)c1)c1ccc(F)cc1. The first-order chi connectivity index (χ1) is 12.8. The van der Waals surface area contributed by atoms with Gasteiger partial charge in [-0.25, -0.2) is 17.8 Å². The second kappa shape index (κ2) is 7.32. The number of halogens is 1. The van der Waals surface area contributed by atoms with E-state index in [0.29, 0.717) is 11.3 Å². The molecule has 1 amide bonds. The lowest BCUT2D eigenvalue weighted by molar-refractivity contribution is 0.0940. The first-order valence-electron chi connectivity index (χ1n) is 8.16. The number of nitrogens with one attached hydrogen (secondary N) is 1. The van der Waals surface area contributed by atoms with Gasteiger partial charge < -0.3 is 5.32 Å². The average molecular weight is 387 g/mol. The van der Waals surface area contributed by atoms with Gasteiger partial charge >= 0.3 is 0 Å². The van der Waals surface area contributed by atoms with Crippen LogP contribution < -0.4 is 5.32 Å².